The predicted molar refractivity (Wildman–Crippen MR) is 85.4 cm³/mol. The molecule has 1 heterocycles. The number of ether oxygens (including phenoxy) is 1. The van der Waals surface area contributed by atoms with Gasteiger partial charge in [-0.25, -0.2) is 4.98 Å². The Morgan fingerprint density at radius 2 is 1.86 bits per heavy atom. The number of benzene rings is 2. The number of nitrogens with zero attached hydrogens (tertiary/aromatic N) is 1. The minimum atomic E-state index is 0.338. The first kappa shape index (κ1) is 13.6. The summed E-state index contributed by atoms with van der Waals surface area (Å²) in [5, 5.41) is 0.921. The second-order valence-corrected chi connectivity index (χ2v) is 5.29. The van der Waals surface area contributed by atoms with Crippen LogP contribution >= 0.6 is 11.8 Å². The van der Waals surface area contributed by atoms with E-state index in [1.165, 1.54) is 0 Å². The molecule has 0 bridgehead atoms. The van der Waals surface area contributed by atoms with Crippen molar-refractivity contribution in [1.82, 2.24) is 4.98 Å². The number of para-hydroxylation sites is 2. The van der Waals surface area contributed by atoms with Gasteiger partial charge in [-0.1, -0.05) is 30.3 Å². The van der Waals surface area contributed by atoms with Crippen LogP contribution in [0.3, 0.4) is 0 Å². The van der Waals surface area contributed by atoms with E-state index in [1.807, 2.05) is 54.8 Å². The number of fused-ring (bicyclic) bond motifs is 1. The normalized spacial score (nSPS) is 10.5. The summed E-state index contributed by atoms with van der Waals surface area (Å²) in [6.07, 6.45) is 2.76. The average molecular weight is 295 g/mol. The van der Waals surface area contributed by atoms with Gasteiger partial charge in [0.25, 0.3) is 0 Å². The molecule has 0 fully saturated rings. The van der Waals surface area contributed by atoms with E-state index in [-0.39, 0.29) is 0 Å². The number of carbonyl (C=O) groups is 1. The summed E-state index contributed by atoms with van der Waals surface area (Å²) in [5.74, 6) is 1.04. The van der Waals surface area contributed by atoms with Gasteiger partial charge in [0.1, 0.15) is 5.75 Å². The van der Waals surface area contributed by atoms with Gasteiger partial charge in [0.05, 0.1) is 11.1 Å². The van der Waals surface area contributed by atoms with E-state index in [1.54, 1.807) is 17.8 Å². The number of pyridine rings is 1. The van der Waals surface area contributed by atoms with Crippen molar-refractivity contribution < 1.29 is 9.53 Å². The SMILES string of the molecule is CSc1ccccc1Oc1nc2ccccc2cc1C=O. The van der Waals surface area contributed by atoms with Gasteiger partial charge in [0.15, 0.2) is 6.29 Å². The fourth-order valence-electron chi connectivity index (χ4n) is 2.09. The van der Waals surface area contributed by atoms with Crippen LogP contribution < -0.4 is 4.74 Å². The zero-order chi connectivity index (χ0) is 14.7. The van der Waals surface area contributed by atoms with Crippen molar-refractivity contribution in [3.63, 3.8) is 0 Å². The van der Waals surface area contributed by atoms with Crippen molar-refractivity contribution in [3.05, 3.63) is 60.2 Å². The molecule has 0 aliphatic rings. The summed E-state index contributed by atoms with van der Waals surface area (Å²) in [4.78, 5) is 16.7. The number of carbonyl (C=O) groups excluding carboxylic acids is 1. The molecular formula is C17H13NO2S. The van der Waals surface area contributed by atoms with Crippen LogP contribution in [0.5, 0.6) is 11.6 Å². The zero-order valence-electron chi connectivity index (χ0n) is 11.4. The van der Waals surface area contributed by atoms with E-state index in [2.05, 4.69) is 4.98 Å². The predicted octanol–water partition coefficient (Wildman–Crippen LogP) is 4.56. The molecule has 0 saturated carbocycles. The molecule has 3 aromatic rings. The maximum atomic E-state index is 11.3. The van der Waals surface area contributed by atoms with Crippen LogP contribution in [-0.4, -0.2) is 17.5 Å². The van der Waals surface area contributed by atoms with E-state index in [4.69, 9.17) is 4.74 Å². The minimum Gasteiger partial charge on any atom is -0.437 e. The smallest absolute Gasteiger partial charge is 0.230 e. The second kappa shape index (κ2) is 5.97. The van der Waals surface area contributed by atoms with Crippen molar-refractivity contribution in [2.24, 2.45) is 0 Å². The minimum absolute atomic E-state index is 0.338. The lowest BCUT2D eigenvalue weighted by atomic mass is 10.1. The first-order valence-corrected chi connectivity index (χ1v) is 7.70. The molecule has 0 unspecified atom stereocenters. The highest BCUT2D eigenvalue weighted by Crippen LogP contribution is 2.32. The number of aromatic nitrogens is 1. The lowest BCUT2D eigenvalue weighted by molar-refractivity contribution is 0.112. The van der Waals surface area contributed by atoms with Crippen LogP contribution in [0.2, 0.25) is 0 Å². The highest BCUT2D eigenvalue weighted by Gasteiger charge is 2.10. The summed E-state index contributed by atoms with van der Waals surface area (Å²) in [6.45, 7) is 0. The van der Waals surface area contributed by atoms with Crippen LogP contribution in [0.15, 0.2) is 59.5 Å². The lowest BCUT2D eigenvalue weighted by Crippen LogP contribution is -1.95. The van der Waals surface area contributed by atoms with Gasteiger partial charge >= 0.3 is 0 Å². The third kappa shape index (κ3) is 2.76. The fourth-order valence-corrected chi connectivity index (χ4v) is 2.61. The molecule has 0 amide bonds. The molecule has 2 aromatic carbocycles. The highest BCUT2D eigenvalue weighted by atomic mass is 32.2. The van der Waals surface area contributed by atoms with Crippen LogP contribution in [-0.2, 0) is 0 Å². The average Bonchev–Trinajstić information content (AvgIpc) is 2.54. The summed E-state index contributed by atoms with van der Waals surface area (Å²) in [6, 6.07) is 17.2. The fraction of sp³-hybridized carbons (Fsp3) is 0.0588. The number of hydrogen-bond donors (Lipinski definition) is 0. The third-order valence-corrected chi connectivity index (χ3v) is 3.90. The van der Waals surface area contributed by atoms with E-state index < -0.39 is 0 Å². The summed E-state index contributed by atoms with van der Waals surface area (Å²) in [5.41, 5.74) is 1.25. The van der Waals surface area contributed by atoms with Gasteiger partial charge in [0, 0.05) is 10.3 Å². The van der Waals surface area contributed by atoms with Gasteiger partial charge in [-0.05, 0) is 30.5 Å². The van der Waals surface area contributed by atoms with E-state index in [9.17, 15) is 4.79 Å². The van der Waals surface area contributed by atoms with E-state index in [0.717, 1.165) is 22.1 Å². The number of rotatable bonds is 4. The van der Waals surface area contributed by atoms with E-state index in [0.29, 0.717) is 17.2 Å². The van der Waals surface area contributed by atoms with Gasteiger partial charge in [-0.2, -0.15) is 0 Å². The van der Waals surface area contributed by atoms with E-state index >= 15 is 0 Å². The van der Waals surface area contributed by atoms with Crippen LogP contribution in [0.25, 0.3) is 10.9 Å². The number of thioether (sulfide) groups is 1. The zero-order valence-corrected chi connectivity index (χ0v) is 12.3. The van der Waals surface area contributed by atoms with Crippen molar-refractivity contribution in [2.75, 3.05) is 6.26 Å². The Hall–Kier alpha value is -2.33. The molecule has 21 heavy (non-hydrogen) atoms. The van der Waals surface area contributed by atoms with Gasteiger partial charge in [0.2, 0.25) is 5.88 Å². The molecule has 104 valence electrons. The van der Waals surface area contributed by atoms with Crippen LogP contribution in [0.1, 0.15) is 10.4 Å². The quantitative estimate of drug-likeness (QED) is 0.522. The molecule has 0 N–H and O–H groups in total. The summed E-state index contributed by atoms with van der Waals surface area (Å²) >= 11 is 1.59. The molecule has 4 heteroatoms. The molecule has 0 aliphatic carbocycles. The lowest BCUT2D eigenvalue weighted by Gasteiger charge is -2.11. The van der Waals surface area contributed by atoms with Crippen LogP contribution in [0.4, 0.5) is 0 Å². The molecule has 1 aromatic heterocycles. The molecule has 0 saturated heterocycles. The topological polar surface area (TPSA) is 39.2 Å². The first-order chi connectivity index (χ1) is 10.3. The molecule has 3 nitrogen and oxygen atoms in total. The first-order valence-electron chi connectivity index (χ1n) is 6.47. The van der Waals surface area contributed by atoms with Crippen molar-refractivity contribution in [3.8, 4) is 11.6 Å². The molecule has 0 spiro atoms. The largest absolute Gasteiger partial charge is 0.437 e. The standard InChI is InChI=1S/C17H13NO2S/c1-21-16-9-5-4-8-15(16)20-17-13(11-19)10-12-6-2-3-7-14(12)18-17/h2-11H,1H3. The number of hydrogen-bond acceptors (Lipinski definition) is 4. The van der Waals surface area contributed by atoms with Gasteiger partial charge in [-0.3, -0.25) is 4.79 Å². The third-order valence-electron chi connectivity index (χ3n) is 3.12. The van der Waals surface area contributed by atoms with Gasteiger partial charge in [-0.15, -0.1) is 11.8 Å². The highest BCUT2D eigenvalue weighted by molar-refractivity contribution is 7.98. The number of aldehydes is 1. The molecule has 0 atom stereocenters. The Kier molecular flexibility index (Phi) is 3.88. The van der Waals surface area contributed by atoms with Gasteiger partial charge < -0.3 is 4.74 Å². The summed E-state index contributed by atoms with van der Waals surface area (Å²) in [7, 11) is 0. The summed E-state index contributed by atoms with van der Waals surface area (Å²) < 4.78 is 5.87. The molecule has 0 radical (unpaired) electrons. The van der Waals surface area contributed by atoms with Crippen LogP contribution in [0, 0.1) is 0 Å². The Labute approximate surface area is 127 Å². The molecule has 0 aliphatic heterocycles. The maximum Gasteiger partial charge on any atom is 0.230 e. The van der Waals surface area contributed by atoms with Crippen molar-refractivity contribution in [2.45, 2.75) is 4.90 Å². The molecular weight excluding hydrogens is 282 g/mol. The van der Waals surface area contributed by atoms with Crippen molar-refractivity contribution in [1.29, 1.82) is 0 Å². The van der Waals surface area contributed by atoms with Crippen molar-refractivity contribution >= 4 is 29.0 Å². The maximum absolute atomic E-state index is 11.3. The molecule has 3 rings (SSSR count). The monoisotopic (exact) mass is 295 g/mol. The Balaban J connectivity index is 2.09. The Morgan fingerprint density at radius 3 is 2.67 bits per heavy atom. The Bertz CT molecular complexity index is 802. The second-order valence-electron chi connectivity index (χ2n) is 4.45. The Morgan fingerprint density at radius 1 is 1.10 bits per heavy atom.